The van der Waals surface area contributed by atoms with Crippen molar-refractivity contribution in [1.29, 1.82) is 0 Å². The Bertz CT molecular complexity index is 232. The number of hydrogen-bond acceptors (Lipinski definition) is 3. The molecule has 0 aromatic heterocycles. The fourth-order valence-electron chi connectivity index (χ4n) is 2.29. The molecule has 3 N–H and O–H groups in total. The van der Waals surface area contributed by atoms with Crippen molar-refractivity contribution in [3.63, 3.8) is 0 Å². The number of nitrogens with zero attached hydrogens (tertiary/aromatic N) is 1. The first-order valence-electron chi connectivity index (χ1n) is 6.00. The van der Waals surface area contributed by atoms with Gasteiger partial charge in [0.2, 0.25) is 5.91 Å². The van der Waals surface area contributed by atoms with Crippen LogP contribution in [0, 0.1) is 0 Å². The Morgan fingerprint density at radius 3 is 2.47 bits per heavy atom. The van der Waals surface area contributed by atoms with E-state index in [1.165, 1.54) is 25.9 Å². The van der Waals surface area contributed by atoms with Crippen LogP contribution in [0.2, 0.25) is 0 Å². The summed E-state index contributed by atoms with van der Waals surface area (Å²) in [5.41, 5.74) is 5.38. The summed E-state index contributed by atoms with van der Waals surface area (Å²) in [6.07, 6.45) is 5.39. The van der Waals surface area contributed by atoms with E-state index in [4.69, 9.17) is 5.73 Å². The van der Waals surface area contributed by atoms with Crippen molar-refractivity contribution in [2.75, 3.05) is 26.2 Å². The van der Waals surface area contributed by atoms with Crippen molar-refractivity contribution in [2.24, 2.45) is 5.73 Å². The molecule has 0 aromatic carbocycles. The molecular formula is C11H21N3O. The molecule has 1 saturated heterocycles. The van der Waals surface area contributed by atoms with Gasteiger partial charge in [-0.15, -0.1) is 0 Å². The SMILES string of the molecule is NC1(C(=O)NCCN2CCCC2)CCC1. The second-order valence-electron chi connectivity index (χ2n) is 4.81. The largest absolute Gasteiger partial charge is 0.353 e. The molecule has 0 unspecified atom stereocenters. The molecule has 86 valence electrons. The van der Waals surface area contributed by atoms with Crippen LogP contribution in [0.25, 0.3) is 0 Å². The number of nitrogens with two attached hydrogens (primary N) is 1. The van der Waals surface area contributed by atoms with Gasteiger partial charge in [-0.25, -0.2) is 0 Å². The fraction of sp³-hybridized carbons (Fsp3) is 0.909. The number of nitrogens with one attached hydrogen (secondary N) is 1. The van der Waals surface area contributed by atoms with Crippen molar-refractivity contribution in [2.45, 2.75) is 37.6 Å². The molecule has 1 saturated carbocycles. The lowest BCUT2D eigenvalue weighted by molar-refractivity contribution is -0.129. The summed E-state index contributed by atoms with van der Waals surface area (Å²) in [5, 5.41) is 2.95. The standard InChI is InChI=1S/C11H21N3O/c12-11(4-3-5-11)10(15)13-6-9-14-7-1-2-8-14/h1-9,12H2,(H,13,15). The first-order chi connectivity index (χ1) is 7.21. The zero-order valence-corrected chi connectivity index (χ0v) is 9.30. The molecule has 0 atom stereocenters. The molecule has 4 heteroatoms. The third kappa shape index (κ3) is 2.49. The highest BCUT2D eigenvalue weighted by Gasteiger charge is 2.39. The Kier molecular flexibility index (Phi) is 3.26. The third-order valence-corrected chi connectivity index (χ3v) is 3.61. The van der Waals surface area contributed by atoms with Gasteiger partial charge in [-0.05, 0) is 45.2 Å². The van der Waals surface area contributed by atoms with Crippen LogP contribution in [0.15, 0.2) is 0 Å². The van der Waals surface area contributed by atoms with Crippen LogP contribution < -0.4 is 11.1 Å². The van der Waals surface area contributed by atoms with Crippen LogP contribution in [0.3, 0.4) is 0 Å². The molecule has 0 radical (unpaired) electrons. The number of amides is 1. The minimum Gasteiger partial charge on any atom is -0.353 e. The third-order valence-electron chi connectivity index (χ3n) is 3.61. The monoisotopic (exact) mass is 211 g/mol. The molecule has 1 amide bonds. The predicted molar refractivity (Wildman–Crippen MR) is 59.5 cm³/mol. The summed E-state index contributed by atoms with van der Waals surface area (Å²) in [7, 11) is 0. The Labute approximate surface area is 91.2 Å². The lowest BCUT2D eigenvalue weighted by Crippen LogP contribution is -2.59. The van der Waals surface area contributed by atoms with Gasteiger partial charge < -0.3 is 16.0 Å². The average Bonchev–Trinajstić information content (AvgIpc) is 2.66. The number of carbonyl (C=O) groups excluding carboxylic acids is 1. The molecule has 1 aliphatic heterocycles. The van der Waals surface area contributed by atoms with Crippen LogP contribution in [-0.4, -0.2) is 42.5 Å². The Balaban J connectivity index is 1.62. The summed E-state index contributed by atoms with van der Waals surface area (Å²) >= 11 is 0. The summed E-state index contributed by atoms with van der Waals surface area (Å²) < 4.78 is 0. The average molecular weight is 211 g/mol. The van der Waals surface area contributed by atoms with Gasteiger partial charge in [-0.2, -0.15) is 0 Å². The number of rotatable bonds is 4. The highest BCUT2D eigenvalue weighted by molar-refractivity contribution is 5.86. The lowest BCUT2D eigenvalue weighted by atomic mass is 9.77. The van der Waals surface area contributed by atoms with E-state index in [0.717, 1.165) is 32.4 Å². The number of likely N-dealkylation sites (tertiary alicyclic amines) is 1. The summed E-state index contributed by atoms with van der Waals surface area (Å²) in [6, 6.07) is 0. The molecule has 0 spiro atoms. The topological polar surface area (TPSA) is 58.4 Å². The molecule has 2 fully saturated rings. The summed E-state index contributed by atoms with van der Waals surface area (Å²) in [5.74, 6) is 0.0490. The van der Waals surface area contributed by atoms with E-state index in [1.807, 2.05) is 0 Å². The Morgan fingerprint density at radius 1 is 1.27 bits per heavy atom. The van der Waals surface area contributed by atoms with Gasteiger partial charge in [0.05, 0.1) is 5.54 Å². The Morgan fingerprint density at radius 2 is 1.93 bits per heavy atom. The lowest BCUT2D eigenvalue weighted by Gasteiger charge is -2.36. The van der Waals surface area contributed by atoms with E-state index in [1.54, 1.807) is 0 Å². The van der Waals surface area contributed by atoms with Gasteiger partial charge in [0, 0.05) is 13.1 Å². The molecule has 0 aromatic rings. The molecule has 15 heavy (non-hydrogen) atoms. The first-order valence-corrected chi connectivity index (χ1v) is 6.00. The maximum absolute atomic E-state index is 11.7. The smallest absolute Gasteiger partial charge is 0.240 e. The molecule has 1 heterocycles. The van der Waals surface area contributed by atoms with Crippen molar-refractivity contribution in [3.05, 3.63) is 0 Å². The van der Waals surface area contributed by atoms with Gasteiger partial charge in [-0.3, -0.25) is 4.79 Å². The van der Waals surface area contributed by atoms with Gasteiger partial charge in [0.15, 0.2) is 0 Å². The minimum absolute atomic E-state index is 0.0490. The minimum atomic E-state index is -0.537. The van der Waals surface area contributed by atoms with Gasteiger partial charge >= 0.3 is 0 Å². The predicted octanol–water partition coefficient (Wildman–Crippen LogP) is 0.0798. The number of hydrogen-bond donors (Lipinski definition) is 2. The van der Waals surface area contributed by atoms with Crippen LogP contribution in [0.5, 0.6) is 0 Å². The van der Waals surface area contributed by atoms with Crippen molar-refractivity contribution in [3.8, 4) is 0 Å². The summed E-state index contributed by atoms with van der Waals surface area (Å²) in [6.45, 7) is 4.09. The zero-order chi connectivity index (χ0) is 10.7. The van der Waals surface area contributed by atoms with E-state index in [0.29, 0.717) is 0 Å². The second-order valence-corrected chi connectivity index (χ2v) is 4.81. The fourth-order valence-corrected chi connectivity index (χ4v) is 2.29. The van der Waals surface area contributed by atoms with Gasteiger partial charge in [0.25, 0.3) is 0 Å². The highest BCUT2D eigenvalue weighted by atomic mass is 16.2. The van der Waals surface area contributed by atoms with E-state index >= 15 is 0 Å². The zero-order valence-electron chi connectivity index (χ0n) is 9.30. The maximum Gasteiger partial charge on any atom is 0.240 e. The van der Waals surface area contributed by atoms with E-state index in [9.17, 15) is 4.79 Å². The maximum atomic E-state index is 11.7. The number of carbonyl (C=O) groups is 1. The Hall–Kier alpha value is -0.610. The van der Waals surface area contributed by atoms with Crippen LogP contribution in [0.1, 0.15) is 32.1 Å². The van der Waals surface area contributed by atoms with Crippen molar-refractivity contribution >= 4 is 5.91 Å². The second kappa shape index (κ2) is 4.49. The molecular weight excluding hydrogens is 190 g/mol. The van der Waals surface area contributed by atoms with Crippen LogP contribution in [0.4, 0.5) is 0 Å². The first kappa shape index (κ1) is 10.9. The molecule has 1 aliphatic carbocycles. The molecule has 4 nitrogen and oxygen atoms in total. The molecule has 2 aliphatic rings. The van der Waals surface area contributed by atoms with Crippen molar-refractivity contribution in [1.82, 2.24) is 10.2 Å². The van der Waals surface area contributed by atoms with Crippen LogP contribution >= 0.6 is 0 Å². The molecule has 2 rings (SSSR count). The van der Waals surface area contributed by atoms with E-state index < -0.39 is 5.54 Å². The van der Waals surface area contributed by atoms with E-state index in [-0.39, 0.29) is 5.91 Å². The van der Waals surface area contributed by atoms with E-state index in [2.05, 4.69) is 10.2 Å². The molecule has 0 bridgehead atoms. The normalized spacial score (nSPS) is 24.9. The van der Waals surface area contributed by atoms with Crippen LogP contribution in [-0.2, 0) is 4.79 Å². The highest BCUT2D eigenvalue weighted by Crippen LogP contribution is 2.28. The quantitative estimate of drug-likeness (QED) is 0.692. The van der Waals surface area contributed by atoms with Gasteiger partial charge in [-0.1, -0.05) is 0 Å². The van der Waals surface area contributed by atoms with Crippen molar-refractivity contribution < 1.29 is 4.79 Å². The van der Waals surface area contributed by atoms with Gasteiger partial charge in [0.1, 0.15) is 0 Å². The summed E-state index contributed by atoms with van der Waals surface area (Å²) in [4.78, 5) is 14.1.